The van der Waals surface area contributed by atoms with Crippen molar-refractivity contribution in [2.45, 2.75) is 6.54 Å². The van der Waals surface area contributed by atoms with Gasteiger partial charge in [0, 0.05) is 21.2 Å². The van der Waals surface area contributed by atoms with Crippen molar-refractivity contribution in [3.63, 3.8) is 0 Å². The number of hydrogen-bond donors (Lipinski definition) is 2. The number of phenols is 1. The molecule has 0 unspecified atom stereocenters. The number of rotatable bonds is 3. The molecule has 0 saturated heterocycles. The van der Waals surface area contributed by atoms with Gasteiger partial charge in [-0.2, -0.15) is 0 Å². The maximum absolute atomic E-state index is 11.8. The Bertz CT molecular complexity index is 552. The second-order valence-corrected chi connectivity index (χ2v) is 5.06. The standard InChI is InChI=1S/C14H12INO2/c15-12-7-5-10(6-8-12)14(18)16-9-11-3-1-2-4-13(11)17/h1-8,17H,9H2,(H,16,18). The highest BCUT2D eigenvalue weighted by Crippen LogP contribution is 2.15. The Morgan fingerprint density at radius 1 is 1.11 bits per heavy atom. The minimum absolute atomic E-state index is 0.144. The van der Waals surface area contributed by atoms with Gasteiger partial charge in [-0.3, -0.25) is 4.79 Å². The first kappa shape index (κ1) is 12.9. The molecule has 0 aliphatic carbocycles. The first-order valence-electron chi connectivity index (χ1n) is 5.47. The van der Waals surface area contributed by atoms with Crippen LogP contribution in [0.2, 0.25) is 0 Å². The van der Waals surface area contributed by atoms with Crippen molar-refractivity contribution in [1.82, 2.24) is 5.32 Å². The van der Waals surface area contributed by atoms with Gasteiger partial charge in [-0.25, -0.2) is 0 Å². The van der Waals surface area contributed by atoms with Gasteiger partial charge >= 0.3 is 0 Å². The van der Waals surface area contributed by atoms with Crippen LogP contribution in [-0.4, -0.2) is 11.0 Å². The van der Waals surface area contributed by atoms with Crippen LogP contribution in [0, 0.1) is 3.57 Å². The number of hydrogen-bond acceptors (Lipinski definition) is 2. The van der Waals surface area contributed by atoms with Crippen molar-refractivity contribution in [3.8, 4) is 5.75 Å². The maximum Gasteiger partial charge on any atom is 0.251 e. The fourth-order valence-corrected chi connectivity index (χ4v) is 1.90. The number of amides is 1. The second kappa shape index (κ2) is 5.86. The zero-order chi connectivity index (χ0) is 13.0. The maximum atomic E-state index is 11.8. The Morgan fingerprint density at radius 3 is 2.44 bits per heavy atom. The van der Waals surface area contributed by atoms with E-state index in [1.54, 1.807) is 30.3 Å². The molecule has 4 heteroatoms. The summed E-state index contributed by atoms with van der Waals surface area (Å²) in [5, 5.41) is 12.4. The third-order valence-electron chi connectivity index (χ3n) is 2.54. The molecule has 2 N–H and O–H groups in total. The lowest BCUT2D eigenvalue weighted by Gasteiger charge is -2.07. The summed E-state index contributed by atoms with van der Waals surface area (Å²) in [4.78, 5) is 11.8. The lowest BCUT2D eigenvalue weighted by Crippen LogP contribution is -2.22. The van der Waals surface area contributed by atoms with Crippen molar-refractivity contribution in [1.29, 1.82) is 0 Å². The van der Waals surface area contributed by atoms with Crippen LogP contribution in [0.3, 0.4) is 0 Å². The van der Waals surface area contributed by atoms with Gasteiger partial charge in [-0.15, -0.1) is 0 Å². The van der Waals surface area contributed by atoms with Crippen LogP contribution in [0.4, 0.5) is 0 Å². The van der Waals surface area contributed by atoms with Gasteiger partial charge in [-0.1, -0.05) is 18.2 Å². The van der Waals surface area contributed by atoms with Gasteiger partial charge in [0.1, 0.15) is 5.75 Å². The van der Waals surface area contributed by atoms with Gasteiger partial charge in [0.05, 0.1) is 0 Å². The highest BCUT2D eigenvalue weighted by atomic mass is 127. The number of benzene rings is 2. The Morgan fingerprint density at radius 2 is 1.78 bits per heavy atom. The number of nitrogens with one attached hydrogen (secondary N) is 1. The molecule has 2 rings (SSSR count). The lowest BCUT2D eigenvalue weighted by atomic mass is 10.2. The molecule has 0 aromatic heterocycles. The van der Waals surface area contributed by atoms with E-state index in [4.69, 9.17) is 0 Å². The van der Waals surface area contributed by atoms with Gasteiger partial charge in [0.15, 0.2) is 0 Å². The molecule has 0 atom stereocenters. The number of carbonyl (C=O) groups is 1. The van der Waals surface area contributed by atoms with Crippen molar-refractivity contribution >= 4 is 28.5 Å². The fourth-order valence-electron chi connectivity index (χ4n) is 1.54. The number of carbonyl (C=O) groups excluding carboxylic acids is 1. The summed E-state index contributed by atoms with van der Waals surface area (Å²) in [5.74, 6) is 0.0510. The summed E-state index contributed by atoms with van der Waals surface area (Å²) in [6.07, 6.45) is 0. The molecule has 0 aliphatic rings. The van der Waals surface area contributed by atoms with Crippen molar-refractivity contribution in [3.05, 3.63) is 63.2 Å². The van der Waals surface area contributed by atoms with Gasteiger partial charge in [0.25, 0.3) is 5.91 Å². The number of halogens is 1. The Labute approximate surface area is 119 Å². The molecular weight excluding hydrogens is 341 g/mol. The molecule has 0 spiro atoms. The van der Waals surface area contributed by atoms with Crippen LogP contribution in [0.15, 0.2) is 48.5 Å². The number of aromatic hydroxyl groups is 1. The first-order chi connectivity index (χ1) is 8.66. The first-order valence-corrected chi connectivity index (χ1v) is 6.55. The summed E-state index contributed by atoms with van der Waals surface area (Å²) in [6.45, 7) is 0.317. The van der Waals surface area contributed by atoms with Crippen molar-refractivity contribution in [2.24, 2.45) is 0 Å². The monoisotopic (exact) mass is 353 g/mol. The predicted molar refractivity (Wildman–Crippen MR) is 78.4 cm³/mol. The fraction of sp³-hybridized carbons (Fsp3) is 0.0714. The van der Waals surface area contributed by atoms with Crippen LogP contribution in [0.5, 0.6) is 5.75 Å². The molecule has 18 heavy (non-hydrogen) atoms. The SMILES string of the molecule is O=C(NCc1ccccc1O)c1ccc(I)cc1. The van der Waals surface area contributed by atoms with E-state index < -0.39 is 0 Å². The molecule has 0 bridgehead atoms. The van der Waals surface area contributed by atoms with Crippen LogP contribution in [0.1, 0.15) is 15.9 Å². The minimum Gasteiger partial charge on any atom is -0.508 e. The molecule has 0 fully saturated rings. The van der Waals surface area contributed by atoms with Crippen LogP contribution in [-0.2, 0) is 6.54 Å². The van der Waals surface area contributed by atoms with E-state index in [0.717, 1.165) is 3.57 Å². The summed E-state index contributed by atoms with van der Waals surface area (Å²) < 4.78 is 1.09. The average Bonchev–Trinajstić information content (AvgIpc) is 2.38. The second-order valence-electron chi connectivity index (χ2n) is 3.82. The lowest BCUT2D eigenvalue weighted by molar-refractivity contribution is 0.0950. The molecule has 0 saturated carbocycles. The molecule has 0 heterocycles. The van der Waals surface area contributed by atoms with Crippen molar-refractivity contribution < 1.29 is 9.90 Å². The molecule has 3 nitrogen and oxygen atoms in total. The van der Waals surface area contributed by atoms with Gasteiger partial charge < -0.3 is 10.4 Å². The summed E-state index contributed by atoms with van der Waals surface area (Å²) in [6, 6.07) is 14.3. The number of para-hydroxylation sites is 1. The predicted octanol–water partition coefficient (Wildman–Crippen LogP) is 2.93. The van der Waals surface area contributed by atoms with Crippen molar-refractivity contribution in [2.75, 3.05) is 0 Å². The highest BCUT2D eigenvalue weighted by molar-refractivity contribution is 14.1. The van der Waals surface area contributed by atoms with E-state index in [1.165, 1.54) is 0 Å². The van der Waals surface area contributed by atoms with Crippen LogP contribution in [0.25, 0.3) is 0 Å². The Balaban J connectivity index is 2.01. The topological polar surface area (TPSA) is 49.3 Å². The third kappa shape index (κ3) is 3.22. The normalized spacial score (nSPS) is 10.1. The molecule has 0 aliphatic heterocycles. The van der Waals surface area contributed by atoms with E-state index in [-0.39, 0.29) is 11.7 Å². The Hall–Kier alpha value is -1.56. The summed E-state index contributed by atoms with van der Waals surface area (Å²) in [5.41, 5.74) is 1.32. The van der Waals surface area contributed by atoms with E-state index >= 15 is 0 Å². The molecule has 1 amide bonds. The smallest absolute Gasteiger partial charge is 0.251 e. The third-order valence-corrected chi connectivity index (χ3v) is 3.26. The molecule has 92 valence electrons. The average molecular weight is 353 g/mol. The quantitative estimate of drug-likeness (QED) is 0.834. The van der Waals surface area contributed by atoms with E-state index in [9.17, 15) is 9.90 Å². The van der Waals surface area contributed by atoms with E-state index in [0.29, 0.717) is 17.7 Å². The van der Waals surface area contributed by atoms with Gasteiger partial charge in [0.2, 0.25) is 0 Å². The summed E-state index contributed by atoms with van der Waals surface area (Å²) >= 11 is 2.19. The zero-order valence-corrected chi connectivity index (χ0v) is 11.7. The largest absolute Gasteiger partial charge is 0.508 e. The highest BCUT2D eigenvalue weighted by Gasteiger charge is 2.06. The zero-order valence-electron chi connectivity index (χ0n) is 9.56. The minimum atomic E-state index is -0.144. The van der Waals surface area contributed by atoms with Crippen LogP contribution >= 0.6 is 22.6 Å². The number of phenolic OH excluding ortho intramolecular Hbond substituents is 1. The Kier molecular flexibility index (Phi) is 4.19. The summed E-state index contributed by atoms with van der Waals surface area (Å²) in [7, 11) is 0. The van der Waals surface area contributed by atoms with E-state index in [1.807, 2.05) is 18.2 Å². The molecule has 2 aromatic rings. The molecular formula is C14H12INO2. The molecule has 0 radical (unpaired) electrons. The van der Waals surface area contributed by atoms with E-state index in [2.05, 4.69) is 27.9 Å². The van der Waals surface area contributed by atoms with Gasteiger partial charge in [-0.05, 0) is 52.9 Å². The molecule has 2 aromatic carbocycles. The van der Waals surface area contributed by atoms with Crippen LogP contribution < -0.4 is 5.32 Å².